The number of urea groups is 1. The van der Waals surface area contributed by atoms with Crippen LogP contribution in [-0.4, -0.2) is 18.9 Å². The molecule has 0 saturated heterocycles. The number of benzene rings is 2. The predicted octanol–water partition coefficient (Wildman–Crippen LogP) is 4.02. The maximum Gasteiger partial charge on any atom is 0.339 e. The minimum absolute atomic E-state index is 0.382. The number of unbranched alkanes of at least 4 members (excludes halogenated alkanes) is 1. The number of rotatable bonds is 7. The number of para-hydroxylation sites is 1. The number of ether oxygens (including phenoxy) is 1. The van der Waals surface area contributed by atoms with Gasteiger partial charge in [-0.2, -0.15) is 5.10 Å². The SMILES string of the molecule is CCCCOc1ccc(/C=N/NC(=O)Nc2ccccc2)cc1. The van der Waals surface area contributed by atoms with Crippen molar-refractivity contribution in [3.8, 4) is 5.75 Å². The third kappa shape index (κ3) is 6.22. The maximum absolute atomic E-state index is 11.6. The first-order valence-corrected chi connectivity index (χ1v) is 7.66. The minimum Gasteiger partial charge on any atom is -0.494 e. The number of nitrogens with zero attached hydrogens (tertiary/aromatic N) is 1. The van der Waals surface area contributed by atoms with Crippen molar-refractivity contribution in [3.05, 3.63) is 60.2 Å². The average Bonchev–Trinajstić information content (AvgIpc) is 2.57. The largest absolute Gasteiger partial charge is 0.494 e. The van der Waals surface area contributed by atoms with Crippen LogP contribution < -0.4 is 15.5 Å². The molecule has 0 aliphatic rings. The zero-order valence-corrected chi connectivity index (χ0v) is 13.2. The molecule has 0 spiro atoms. The summed E-state index contributed by atoms with van der Waals surface area (Å²) in [5, 5.41) is 6.60. The van der Waals surface area contributed by atoms with Crippen LogP contribution in [0.4, 0.5) is 10.5 Å². The Labute approximate surface area is 136 Å². The van der Waals surface area contributed by atoms with Gasteiger partial charge in [-0.05, 0) is 48.4 Å². The third-order valence-electron chi connectivity index (χ3n) is 3.06. The average molecular weight is 311 g/mol. The monoisotopic (exact) mass is 311 g/mol. The van der Waals surface area contributed by atoms with E-state index in [1.54, 1.807) is 18.3 Å². The Morgan fingerprint density at radius 3 is 2.57 bits per heavy atom. The highest BCUT2D eigenvalue weighted by Gasteiger charge is 1.98. The van der Waals surface area contributed by atoms with E-state index in [2.05, 4.69) is 22.8 Å². The lowest BCUT2D eigenvalue weighted by Crippen LogP contribution is -2.24. The molecule has 5 heteroatoms. The van der Waals surface area contributed by atoms with Crippen LogP contribution in [0.2, 0.25) is 0 Å². The van der Waals surface area contributed by atoms with Crippen molar-refractivity contribution in [1.29, 1.82) is 0 Å². The Balaban J connectivity index is 1.77. The zero-order valence-electron chi connectivity index (χ0n) is 13.2. The first kappa shape index (κ1) is 16.5. The number of anilines is 1. The lowest BCUT2D eigenvalue weighted by Gasteiger charge is -2.05. The van der Waals surface area contributed by atoms with Crippen molar-refractivity contribution in [2.45, 2.75) is 19.8 Å². The molecule has 120 valence electrons. The fourth-order valence-corrected chi connectivity index (χ4v) is 1.83. The molecule has 2 aromatic carbocycles. The molecule has 23 heavy (non-hydrogen) atoms. The molecule has 0 aliphatic heterocycles. The fourth-order valence-electron chi connectivity index (χ4n) is 1.83. The lowest BCUT2D eigenvalue weighted by molar-refractivity contribution is 0.252. The smallest absolute Gasteiger partial charge is 0.339 e. The standard InChI is InChI=1S/C18H21N3O2/c1-2-3-13-23-17-11-9-15(10-12-17)14-19-21-18(22)20-16-7-5-4-6-8-16/h4-12,14H,2-3,13H2,1H3,(H2,20,21,22)/b19-14+. The maximum atomic E-state index is 11.6. The summed E-state index contributed by atoms with van der Waals surface area (Å²) in [6.45, 7) is 2.86. The molecule has 2 N–H and O–H groups in total. The Bertz CT molecular complexity index is 624. The van der Waals surface area contributed by atoms with E-state index in [4.69, 9.17) is 4.74 Å². The second kappa shape index (κ2) is 9.25. The Hall–Kier alpha value is -2.82. The first-order valence-electron chi connectivity index (χ1n) is 7.66. The van der Waals surface area contributed by atoms with E-state index in [-0.39, 0.29) is 6.03 Å². The molecule has 0 aromatic heterocycles. The fraction of sp³-hybridized carbons (Fsp3) is 0.222. The molecule has 0 heterocycles. The van der Waals surface area contributed by atoms with Gasteiger partial charge in [0.2, 0.25) is 0 Å². The molecule has 5 nitrogen and oxygen atoms in total. The summed E-state index contributed by atoms with van der Waals surface area (Å²) < 4.78 is 5.59. The number of nitrogens with one attached hydrogen (secondary N) is 2. The van der Waals surface area contributed by atoms with E-state index in [9.17, 15) is 4.79 Å². The molecule has 0 atom stereocenters. The summed E-state index contributed by atoms with van der Waals surface area (Å²) in [4.78, 5) is 11.6. The summed E-state index contributed by atoms with van der Waals surface area (Å²) in [6.07, 6.45) is 3.74. The van der Waals surface area contributed by atoms with Gasteiger partial charge in [0.25, 0.3) is 0 Å². The van der Waals surface area contributed by atoms with Crippen molar-refractivity contribution >= 4 is 17.9 Å². The van der Waals surface area contributed by atoms with Crippen LogP contribution >= 0.6 is 0 Å². The van der Waals surface area contributed by atoms with Gasteiger partial charge in [0.05, 0.1) is 12.8 Å². The molecular formula is C18H21N3O2. The summed E-state index contributed by atoms with van der Waals surface area (Å²) in [7, 11) is 0. The highest BCUT2D eigenvalue weighted by Crippen LogP contribution is 2.11. The predicted molar refractivity (Wildman–Crippen MR) is 93.0 cm³/mol. The molecule has 0 bridgehead atoms. The van der Waals surface area contributed by atoms with Gasteiger partial charge in [0, 0.05) is 5.69 Å². The van der Waals surface area contributed by atoms with Gasteiger partial charge in [-0.1, -0.05) is 31.5 Å². The summed E-state index contributed by atoms with van der Waals surface area (Å²) >= 11 is 0. The normalized spacial score (nSPS) is 10.5. The first-order chi connectivity index (χ1) is 11.3. The number of hydrazone groups is 1. The second-order valence-electron chi connectivity index (χ2n) is 4.96. The molecule has 0 unspecified atom stereocenters. The summed E-state index contributed by atoms with van der Waals surface area (Å²) in [5.41, 5.74) is 4.02. The van der Waals surface area contributed by atoms with Crippen molar-refractivity contribution in [2.24, 2.45) is 5.10 Å². The molecule has 0 fully saturated rings. The van der Waals surface area contributed by atoms with Crippen molar-refractivity contribution in [1.82, 2.24) is 5.43 Å². The highest BCUT2D eigenvalue weighted by atomic mass is 16.5. The van der Waals surface area contributed by atoms with Gasteiger partial charge >= 0.3 is 6.03 Å². The minimum atomic E-state index is -0.382. The van der Waals surface area contributed by atoms with Crippen LogP contribution in [0.5, 0.6) is 5.75 Å². The lowest BCUT2D eigenvalue weighted by atomic mass is 10.2. The zero-order chi connectivity index (χ0) is 16.3. The molecule has 0 aliphatic carbocycles. The molecule has 2 rings (SSSR count). The second-order valence-corrected chi connectivity index (χ2v) is 4.96. The van der Waals surface area contributed by atoms with E-state index >= 15 is 0 Å². The van der Waals surface area contributed by atoms with Gasteiger partial charge in [0.15, 0.2) is 0 Å². The number of amides is 2. The van der Waals surface area contributed by atoms with Crippen LogP contribution in [0.25, 0.3) is 0 Å². The van der Waals surface area contributed by atoms with E-state index in [1.807, 2.05) is 42.5 Å². The topological polar surface area (TPSA) is 62.7 Å². The highest BCUT2D eigenvalue weighted by molar-refractivity contribution is 5.90. The Kier molecular flexibility index (Phi) is 6.65. The van der Waals surface area contributed by atoms with Crippen LogP contribution in [0, 0.1) is 0 Å². The van der Waals surface area contributed by atoms with E-state index in [0.717, 1.165) is 30.8 Å². The Morgan fingerprint density at radius 2 is 1.87 bits per heavy atom. The summed E-state index contributed by atoms with van der Waals surface area (Å²) in [5.74, 6) is 0.838. The number of carbonyl (C=O) groups is 1. The van der Waals surface area contributed by atoms with Crippen molar-refractivity contribution in [2.75, 3.05) is 11.9 Å². The van der Waals surface area contributed by atoms with Gasteiger partial charge in [-0.15, -0.1) is 0 Å². The van der Waals surface area contributed by atoms with Crippen LogP contribution in [0.3, 0.4) is 0 Å². The molecule has 0 saturated carbocycles. The quantitative estimate of drug-likeness (QED) is 0.461. The third-order valence-corrected chi connectivity index (χ3v) is 3.06. The van der Waals surface area contributed by atoms with Crippen molar-refractivity contribution < 1.29 is 9.53 Å². The molecule has 2 aromatic rings. The van der Waals surface area contributed by atoms with Crippen molar-refractivity contribution in [3.63, 3.8) is 0 Å². The van der Waals surface area contributed by atoms with Crippen LogP contribution in [-0.2, 0) is 0 Å². The number of hydrogen-bond donors (Lipinski definition) is 2. The van der Waals surface area contributed by atoms with E-state index in [0.29, 0.717) is 5.69 Å². The molecular weight excluding hydrogens is 290 g/mol. The van der Waals surface area contributed by atoms with E-state index < -0.39 is 0 Å². The van der Waals surface area contributed by atoms with Gasteiger partial charge in [0.1, 0.15) is 5.75 Å². The number of hydrogen-bond acceptors (Lipinski definition) is 3. The van der Waals surface area contributed by atoms with Crippen LogP contribution in [0.15, 0.2) is 59.7 Å². The van der Waals surface area contributed by atoms with Gasteiger partial charge in [-0.3, -0.25) is 0 Å². The number of carbonyl (C=O) groups excluding carboxylic acids is 1. The Morgan fingerprint density at radius 1 is 1.13 bits per heavy atom. The van der Waals surface area contributed by atoms with Gasteiger partial charge in [-0.25, -0.2) is 10.2 Å². The van der Waals surface area contributed by atoms with E-state index in [1.165, 1.54) is 0 Å². The molecule has 2 amide bonds. The molecule has 0 radical (unpaired) electrons. The summed E-state index contributed by atoms with van der Waals surface area (Å²) in [6, 6.07) is 16.4. The van der Waals surface area contributed by atoms with Crippen LogP contribution in [0.1, 0.15) is 25.3 Å². The van der Waals surface area contributed by atoms with Gasteiger partial charge < -0.3 is 10.1 Å².